The molecule has 4 N–H and O–H groups in total. The molecule has 0 aliphatic carbocycles. The van der Waals surface area contributed by atoms with E-state index >= 15 is 0 Å². The summed E-state index contributed by atoms with van der Waals surface area (Å²) in [6.45, 7) is -1.16. The maximum absolute atomic E-state index is 12.2. The number of rotatable bonds is 24. The molecule has 0 aromatic carbocycles. The highest BCUT2D eigenvalue weighted by Crippen LogP contribution is 2.41. The molecule has 0 bridgehead atoms. The third-order valence-corrected chi connectivity index (χ3v) is 8.54. The minimum Gasteiger partial charge on any atom is -0.394 e. The lowest BCUT2D eigenvalue weighted by Gasteiger charge is -2.27. The first kappa shape index (κ1) is 35.0. The Morgan fingerprint density at radius 2 is 1.59 bits per heavy atom. The van der Waals surface area contributed by atoms with Gasteiger partial charge in [-0.3, -0.25) is 4.79 Å². The topological polar surface area (TPSA) is 109 Å². The molecule has 0 saturated carbocycles. The molecule has 1 aliphatic rings. The molecule has 216 valence electrons. The van der Waals surface area contributed by atoms with Crippen molar-refractivity contribution in [1.29, 1.82) is 0 Å². The maximum atomic E-state index is 12.2. The zero-order valence-electron chi connectivity index (χ0n) is 23.2. The third-order valence-electron chi connectivity index (χ3n) is 6.72. The number of amides is 1. The molecule has 1 saturated heterocycles. The van der Waals surface area contributed by atoms with E-state index in [-0.39, 0.29) is 31.2 Å². The van der Waals surface area contributed by atoms with Crippen molar-refractivity contribution in [2.24, 2.45) is 0 Å². The van der Waals surface area contributed by atoms with Crippen LogP contribution in [0.5, 0.6) is 0 Å². The van der Waals surface area contributed by atoms with Gasteiger partial charge in [-0.25, -0.2) is 5.09 Å². The lowest BCUT2D eigenvalue weighted by molar-refractivity contribution is -0.121. The molecular formula is C26H52BN2O6PS. The van der Waals surface area contributed by atoms with Crippen molar-refractivity contribution in [1.82, 2.24) is 10.4 Å². The van der Waals surface area contributed by atoms with Crippen LogP contribution in [0.1, 0.15) is 110 Å². The summed E-state index contributed by atoms with van der Waals surface area (Å²) >= 11 is 5.22. The molecule has 1 fully saturated rings. The fraction of sp³-hybridized carbons (Fsp3) is 0.962. The average Bonchev–Trinajstić information content (AvgIpc) is 3.19. The van der Waals surface area contributed by atoms with Crippen molar-refractivity contribution in [3.63, 3.8) is 0 Å². The number of carbonyl (C=O) groups is 1. The predicted octanol–water partition coefficient (Wildman–Crippen LogP) is 4.46. The smallest absolute Gasteiger partial charge is 0.259 e. The van der Waals surface area contributed by atoms with Crippen LogP contribution in [0.4, 0.5) is 0 Å². The molecule has 8 nitrogen and oxygen atoms in total. The molecule has 1 aliphatic heterocycles. The van der Waals surface area contributed by atoms with Crippen LogP contribution < -0.4 is 10.4 Å². The second-order valence-electron chi connectivity index (χ2n) is 10.2. The number of aliphatic hydroxyl groups is 1. The second-order valence-corrected chi connectivity index (χ2v) is 13.2. The van der Waals surface area contributed by atoms with E-state index in [0.717, 1.165) is 19.3 Å². The monoisotopic (exact) mass is 562 g/mol. The van der Waals surface area contributed by atoms with Gasteiger partial charge in [0.1, 0.15) is 14.0 Å². The molecule has 1 heterocycles. The first-order valence-corrected chi connectivity index (χ1v) is 17.0. The van der Waals surface area contributed by atoms with Crippen LogP contribution in [-0.2, 0) is 30.6 Å². The fourth-order valence-electron chi connectivity index (χ4n) is 4.61. The molecule has 37 heavy (non-hydrogen) atoms. The number of aliphatic hydroxyl groups excluding tert-OH is 1. The van der Waals surface area contributed by atoms with Crippen LogP contribution in [-0.4, -0.2) is 74.9 Å². The summed E-state index contributed by atoms with van der Waals surface area (Å²) < 4.78 is 16.2. The van der Waals surface area contributed by atoms with Crippen molar-refractivity contribution in [2.75, 3.05) is 26.9 Å². The van der Waals surface area contributed by atoms with E-state index in [1.165, 1.54) is 70.6 Å². The molecule has 0 aromatic heterocycles. The van der Waals surface area contributed by atoms with Gasteiger partial charge >= 0.3 is 0 Å². The Kier molecular flexibility index (Phi) is 20.5. The minimum absolute atomic E-state index is 0.0801. The maximum Gasteiger partial charge on any atom is 0.259 e. The zero-order valence-corrected chi connectivity index (χ0v) is 24.9. The van der Waals surface area contributed by atoms with Crippen LogP contribution in [0.15, 0.2) is 0 Å². The summed E-state index contributed by atoms with van der Waals surface area (Å²) in [5.41, 5.74) is 0. The second kappa shape index (κ2) is 21.7. The van der Waals surface area contributed by atoms with Crippen LogP contribution in [0.2, 0.25) is 0 Å². The molecule has 11 heteroatoms. The molecule has 5 atom stereocenters. The van der Waals surface area contributed by atoms with Gasteiger partial charge in [-0.1, -0.05) is 90.4 Å². The summed E-state index contributed by atoms with van der Waals surface area (Å²) in [6.07, 6.45) is 17.6. The van der Waals surface area contributed by atoms with Gasteiger partial charge in [-0.15, -0.1) is 0 Å². The Morgan fingerprint density at radius 1 is 1.05 bits per heavy atom. The van der Waals surface area contributed by atoms with E-state index in [9.17, 15) is 14.8 Å². The molecule has 3 unspecified atom stereocenters. The van der Waals surface area contributed by atoms with Gasteiger partial charge in [0.2, 0.25) is 5.91 Å². The van der Waals surface area contributed by atoms with E-state index in [4.69, 9.17) is 33.7 Å². The first-order chi connectivity index (χ1) is 17.8. The summed E-state index contributed by atoms with van der Waals surface area (Å²) in [6, 6.07) is -0.796. The van der Waals surface area contributed by atoms with E-state index < -0.39 is 18.7 Å². The van der Waals surface area contributed by atoms with E-state index in [1.54, 1.807) is 7.11 Å². The number of hydrogen-bond donors (Lipinski definition) is 4. The lowest BCUT2D eigenvalue weighted by atomic mass is 9.95. The number of methoxy groups -OCH3 is 1. The molecule has 2 radical (unpaired) electrons. The first-order valence-electron chi connectivity index (χ1n) is 14.4. The van der Waals surface area contributed by atoms with Gasteiger partial charge in [0.15, 0.2) is 0 Å². The van der Waals surface area contributed by atoms with Crippen molar-refractivity contribution in [3.8, 4) is 0 Å². The van der Waals surface area contributed by atoms with Crippen LogP contribution in [0.3, 0.4) is 0 Å². The minimum atomic E-state index is -3.43. The zero-order chi connectivity index (χ0) is 27.4. The Labute approximate surface area is 232 Å². The van der Waals surface area contributed by atoms with Gasteiger partial charge in [-0.2, -0.15) is 0 Å². The molecule has 1 rings (SSSR count). The van der Waals surface area contributed by atoms with E-state index in [1.807, 2.05) is 0 Å². The number of nitrogens with one attached hydrogen (secondary N) is 2. The fourth-order valence-corrected chi connectivity index (χ4v) is 6.67. The summed E-state index contributed by atoms with van der Waals surface area (Å²) in [7, 11) is 7.39. The van der Waals surface area contributed by atoms with Gasteiger partial charge < -0.3 is 29.3 Å². The van der Waals surface area contributed by atoms with Gasteiger partial charge in [0, 0.05) is 32.1 Å². The van der Waals surface area contributed by atoms with Crippen molar-refractivity contribution in [3.05, 3.63) is 0 Å². The van der Waals surface area contributed by atoms with Crippen LogP contribution >= 0.6 is 6.64 Å². The number of hydrogen-bond acceptors (Lipinski definition) is 6. The molecule has 1 amide bonds. The quantitative estimate of drug-likeness (QED) is 0.0776. The Bertz CT molecular complexity index is 636. The number of carbonyl (C=O) groups excluding carboxylic acids is 1. The van der Waals surface area contributed by atoms with Crippen LogP contribution in [0.25, 0.3) is 0 Å². The highest BCUT2D eigenvalue weighted by molar-refractivity contribution is 8.08. The third kappa shape index (κ3) is 18.0. The van der Waals surface area contributed by atoms with Crippen LogP contribution in [0, 0.1) is 0 Å². The Hall–Kier alpha value is -0.0551. The molecule has 0 aromatic rings. The van der Waals surface area contributed by atoms with E-state index in [2.05, 4.69) is 17.3 Å². The number of ether oxygens (including phenoxy) is 2. The van der Waals surface area contributed by atoms with E-state index in [0.29, 0.717) is 19.4 Å². The largest absolute Gasteiger partial charge is 0.394 e. The summed E-state index contributed by atoms with van der Waals surface area (Å²) in [5, 5.41) is 15.3. The van der Waals surface area contributed by atoms with Crippen molar-refractivity contribution in [2.45, 2.75) is 134 Å². The Morgan fingerprint density at radius 3 is 2.11 bits per heavy atom. The van der Waals surface area contributed by atoms with Gasteiger partial charge in [0.05, 0.1) is 19.3 Å². The normalized spacial score (nSPS) is 22.1. The highest BCUT2D eigenvalue weighted by Gasteiger charge is 2.36. The van der Waals surface area contributed by atoms with Crippen molar-refractivity contribution >= 4 is 32.2 Å². The predicted molar refractivity (Wildman–Crippen MR) is 154 cm³/mol. The lowest BCUT2D eigenvalue weighted by Crippen LogP contribution is -2.40. The molecular weight excluding hydrogens is 510 g/mol. The average molecular weight is 563 g/mol. The SMILES string of the molecule is [B][C@H]1CC(NP(O)(=S)OC(CO)CNC(=O)CCCCCCCCCCCCCCCC)[C@@H](COC)O1. The number of unbranched alkanes of at least 4 members (excludes halogenated alkanes) is 13. The van der Waals surface area contributed by atoms with Gasteiger partial charge in [-0.05, 0) is 24.6 Å². The Balaban J connectivity index is 2.08. The van der Waals surface area contributed by atoms with Gasteiger partial charge in [0.25, 0.3) is 6.64 Å². The summed E-state index contributed by atoms with van der Waals surface area (Å²) in [4.78, 5) is 22.8. The molecule has 0 spiro atoms. The standard InChI is InChI=1S/C26H52BN2O6PS/c1-3-4-5-6-7-8-9-10-11-12-13-14-15-16-17-26(31)28-19-22(20-30)35-36(32,37)29-23-18-25(27)34-24(23)21-33-2/h22-25,30H,3-21H2,1-2H3,(H,28,31)(H2,29,32,37)/t22?,23?,24-,25-,36?/m1/s1. The summed E-state index contributed by atoms with van der Waals surface area (Å²) in [5.74, 6) is -0.0875. The highest BCUT2D eigenvalue weighted by atomic mass is 32.5. The van der Waals surface area contributed by atoms with Crippen molar-refractivity contribution < 1.29 is 28.8 Å².